The fraction of sp³-hybridized carbons (Fsp3) is 0.625. The van der Waals surface area contributed by atoms with Gasteiger partial charge in [0.25, 0.3) is 0 Å². The molecule has 1 aliphatic rings. The van der Waals surface area contributed by atoms with Gasteiger partial charge < -0.3 is 15.0 Å². The highest BCUT2D eigenvalue weighted by molar-refractivity contribution is 5.16. The molecule has 1 atom stereocenters. The molecule has 0 saturated carbocycles. The fourth-order valence-corrected chi connectivity index (χ4v) is 1.50. The number of nitrogens with zero attached hydrogens (tertiary/aromatic N) is 2. The summed E-state index contributed by atoms with van der Waals surface area (Å²) in [7, 11) is 0. The Balaban J connectivity index is 1.98. The third-order valence-corrected chi connectivity index (χ3v) is 2.17. The maximum Gasteiger partial charge on any atom is 0.200 e. The second-order valence-electron chi connectivity index (χ2n) is 3.07. The van der Waals surface area contributed by atoms with E-state index in [9.17, 15) is 0 Å². The molecule has 0 radical (unpaired) electrons. The minimum absolute atomic E-state index is 0.335. The van der Waals surface area contributed by atoms with Crippen LogP contribution in [-0.4, -0.2) is 22.3 Å². The van der Waals surface area contributed by atoms with E-state index >= 15 is 0 Å². The van der Waals surface area contributed by atoms with Crippen LogP contribution in [0.3, 0.4) is 0 Å². The molecule has 1 aromatic heterocycles. The predicted molar refractivity (Wildman–Crippen MR) is 45.6 cm³/mol. The van der Waals surface area contributed by atoms with Crippen molar-refractivity contribution in [3.05, 3.63) is 12.4 Å². The number of rotatable bonds is 2. The Morgan fingerprint density at radius 3 is 3.25 bits per heavy atom. The lowest BCUT2D eigenvalue weighted by molar-refractivity contribution is 0.0975. The first kappa shape index (κ1) is 7.61. The minimum Gasteiger partial charge on any atom is -0.376 e. The summed E-state index contributed by atoms with van der Waals surface area (Å²) < 4.78 is 7.40. The molecule has 0 aliphatic carbocycles. The average Bonchev–Trinajstić information content (AvgIpc) is 2.65. The second kappa shape index (κ2) is 3.15. The average molecular weight is 167 g/mol. The molecule has 1 fully saturated rings. The summed E-state index contributed by atoms with van der Waals surface area (Å²) in [4.78, 5) is 3.94. The van der Waals surface area contributed by atoms with Gasteiger partial charge in [0.1, 0.15) is 0 Å². The van der Waals surface area contributed by atoms with Crippen LogP contribution in [0.5, 0.6) is 0 Å². The Morgan fingerprint density at radius 1 is 1.75 bits per heavy atom. The van der Waals surface area contributed by atoms with Gasteiger partial charge in [-0.25, -0.2) is 4.98 Å². The molecule has 0 aromatic carbocycles. The molecular formula is C8H13N3O. The van der Waals surface area contributed by atoms with Crippen LogP contribution in [-0.2, 0) is 11.3 Å². The molecule has 1 saturated heterocycles. The van der Waals surface area contributed by atoms with E-state index in [0.29, 0.717) is 12.1 Å². The zero-order chi connectivity index (χ0) is 8.39. The molecule has 4 nitrogen and oxygen atoms in total. The predicted octanol–water partition coefficient (Wildman–Crippen LogP) is 0.644. The summed E-state index contributed by atoms with van der Waals surface area (Å²) in [6.45, 7) is 1.73. The molecule has 2 heterocycles. The van der Waals surface area contributed by atoms with Crippen molar-refractivity contribution in [3.8, 4) is 0 Å². The summed E-state index contributed by atoms with van der Waals surface area (Å²) in [5, 5.41) is 0. The molecule has 66 valence electrons. The molecule has 2 N–H and O–H groups in total. The molecule has 0 amide bonds. The number of nitrogens with two attached hydrogens (primary N) is 1. The SMILES string of the molecule is Nc1nccn1C[C@H]1CCCO1. The number of hydrogen-bond donors (Lipinski definition) is 1. The normalized spacial score (nSPS) is 23.2. The van der Waals surface area contributed by atoms with Gasteiger partial charge in [0, 0.05) is 19.0 Å². The number of aromatic nitrogens is 2. The first-order valence-corrected chi connectivity index (χ1v) is 4.24. The lowest BCUT2D eigenvalue weighted by Crippen LogP contribution is -2.15. The van der Waals surface area contributed by atoms with E-state index < -0.39 is 0 Å². The lowest BCUT2D eigenvalue weighted by Gasteiger charge is -2.10. The molecule has 1 aromatic rings. The van der Waals surface area contributed by atoms with Crippen LogP contribution in [0, 0.1) is 0 Å². The van der Waals surface area contributed by atoms with E-state index in [4.69, 9.17) is 10.5 Å². The summed E-state index contributed by atoms with van der Waals surface area (Å²) >= 11 is 0. The Hall–Kier alpha value is -1.03. The number of imidazole rings is 1. The summed E-state index contributed by atoms with van der Waals surface area (Å²) in [6.07, 6.45) is 6.24. The van der Waals surface area contributed by atoms with E-state index in [2.05, 4.69) is 4.98 Å². The van der Waals surface area contributed by atoms with Gasteiger partial charge in [0.15, 0.2) is 5.95 Å². The maximum atomic E-state index is 5.61. The summed E-state index contributed by atoms with van der Waals surface area (Å²) in [5.41, 5.74) is 5.61. The minimum atomic E-state index is 0.335. The van der Waals surface area contributed by atoms with Gasteiger partial charge in [0.05, 0.1) is 12.6 Å². The van der Waals surface area contributed by atoms with Crippen LogP contribution in [0.4, 0.5) is 5.95 Å². The first-order valence-electron chi connectivity index (χ1n) is 4.24. The second-order valence-corrected chi connectivity index (χ2v) is 3.07. The zero-order valence-electron chi connectivity index (χ0n) is 6.94. The summed E-state index contributed by atoms with van der Waals surface area (Å²) in [5.74, 6) is 0.575. The van der Waals surface area contributed by atoms with Crippen LogP contribution >= 0.6 is 0 Å². The number of nitrogen functional groups attached to an aromatic ring is 1. The quantitative estimate of drug-likeness (QED) is 0.703. The number of anilines is 1. The molecule has 12 heavy (non-hydrogen) atoms. The van der Waals surface area contributed by atoms with Crippen molar-refractivity contribution < 1.29 is 4.74 Å². The van der Waals surface area contributed by atoms with Crippen molar-refractivity contribution in [1.82, 2.24) is 9.55 Å². The van der Waals surface area contributed by atoms with Gasteiger partial charge >= 0.3 is 0 Å². The zero-order valence-corrected chi connectivity index (χ0v) is 6.94. The van der Waals surface area contributed by atoms with E-state index in [-0.39, 0.29) is 0 Å². The van der Waals surface area contributed by atoms with E-state index in [0.717, 1.165) is 19.6 Å². The van der Waals surface area contributed by atoms with Gasteiger partial charge in [-0.15, -0.1) is 0 Å². The van der Waals surface area contributed by atoms with E-state index in [1.807, 2.05) is 10.8 Å². The van der Waals surface area contributed by atoms with Crippen LogP contribution in [0.15, 0.2) is 12.4 Å². The van der Waals surface area contributed by atoms with Crippen molar-refractivity contribution >= 4 is 5.95 Å². The van der Waals surface area contributed by atoms with Crippen LogP contribution in [0.1, 0.15) is 12.8 Å². The van der Waals surface area contributed by atoms with Crippen molar-refractivity contribution in [2.24, 2.45) is 0 Å². The van der Waals surface area contributed by atoms with E-state index in [1.54, 1.807) is 6.20 Å². The fourth-order valence-electron chi connectivity index (χ4n) is 1.50. The van der Waals surface area contributed by atoms with E-state index in [1.165, 1.54) is 6.42 Å². The number of hydrogen-bond acceptors (Lipinski definition) is 3. The monoisotopic (exact) mass is 167 g/mol. The maximum absolute atomic E-state index is 5.61. The Morgan fingerprint density at radius 2 is 2.67 bits per heavy atom. The van der Waals surface area contributed by atoms with Crippen LogP contribution in [0.25, 0.3) is 0 Å². The third-order valence-electron chi connectivity index (χ3n) is 2.17. The highest BCUT2D eigenvalue weighted by Gasteiger charge is 2.16. The lowest BCUT2D eigenvalue weighted by atomic mass is 10.2. The first-order chi connectivity index (χ1) is 5.86. The molecular weight excluding hydrogens is 154 g/mol. The number of ether oxygens (including phenoxy) is 1. The molecule has 0 bridgehead atoms. The highest BCUT2D eigenvalue weighted by Crippen LogP contribution is 2.14. The van der Waals surface area contributed by atoms with Crippen molar-refractivity contribution in [3.63, 3.8) is 0 Å². The molecule has 4 heteroatoms. The molecule has 0 spiro atoms. The standard InChI is InChI=1S/C8H13N3O/c9-8-10-3-4-11(8)6-7-2-1-5-12-7/h3-4,7H,1-2,5-6H2,(H2,9,10)/t7-/m1/s1. The van der Waals surface area contributed by atoms with Crippen molar-refractivity contribution in [2.45, 2.75) is 25.5 Å². The topological polar surface area (TPSA) is 53.1 Å². The van der Waals surface area contributed by atoms with Gasteiger partial charge in [-0.3, -0.25) is 0 Å². The van der Waals surface area contributed by atoms with Crippen molar-refractivity contribution in [2.75, 3.05) is 12.3 Å². The molecule has 2 rings (SSSR count). The summed E-state index contributed by atoms with van der Waals surface area (Å²) in [6, 6.07) is 0. The molecule has 1 aliphatic heterocycles. The smallest absolute Gasteiger partial charge is 0.200 e. The van der Waals surface area contributed by atoms with Gasteiger partial charge in [-0.1, -0.05) is 0 Å². The Kier molecular flexibility index (Phi) is 1.99. The Bertz CT molecular complexity index is 253. The highest BCUT2D eigenvalue weighted by atomic mass is 16.5. The third kappa shape index (κ3) is 1.43. The van der Waals surface area contributed by atoms with Gasteiger partial charge in [-0.2, -0.15) is 0 Å². The van der Waals surface area contributed by atoms with Gasteiger partial charge in [-0.05, 0) is 12.8 Å². The van der Waals surface area contributed by atoms with Crippen LogP contribution < -0.4 is 5.73 Å². The largest absolute Gasteiger partial charge is 0.376 e. The van der Waals surface area contributed by atoms with Crippen molar-refractivity contribution in [1.29, 1.82) is 0 Å². The Labute approximate surface area is 71.3 Å². The molecule has 0 unspecified atom stereocenters. The van der Waals surface area contributed by atoms with Gasteiger partial charge in [0.2, 0.25) is 0 Å². The van der Waals surface area contributed by atoms with Crippen LogP contribution in [0.2, 0.25) is 0 Å².